The number of anilines is 1. The van der Waals surface area contributed by atoms with Gasteiger partial charge in [0, 0.05) is 10.7 Å². The zero-order valence-electron chi connectivity index (χ0n) is 13.7. The number of carbonyl (C=O) groups is 1. The fourth-order valence-electron chi connectivity index (χ4n) is 2.41. The van der Waals surface area contributed by atoms with Crippen LogP contribution in [0.2, 0.25) is 5.02 Å². The van der Waals surface area contributed by atoms with E-state index in [4.69, 9.17) is 11.6 Å². The predicted octanol–water partition coefficient (Wildman–Crippen LogP) is 3.66. The zero-order chi connectivity index (χ0) is 17.8. The number of amides is 1. The molecule has 1 N–H and O–H groups in total. The van der Waals surface area contributed by atoms with Crippen molar-refractivity contribution in [2.24, 2.45) is 0 Å². The lowest BCUT2D eigenvalue weighted by molar-refractivity contribution is -0.113. The summed E-state index contributed by atoms with van der Waals surface area (Å²) < 4.78 is 1.67. The first-order valence-corrected chi connectivity index (χ1v) is 8.94. The molecule has 25 heavy (non-hydrogen) atoms. The number of para-hydroxylation sites is 1. The molecule has 0 saturated heterocycles. The second-order valence-electron chi connectivity index (χ2n) is 5.46. The Morgan fingerprint density at radius 1 is 1.16 bits per heavy atom. The molecule has 0 unspecified atom stereocenters. The molecule has 0 aliphatic rings. The highest BCUT2D eigenvalue weighted by Crippen LogP contribution is 2.23. The molecule has 0 radical (unpaired) electrons. The normalized spacial score (nSPS) is 10.7. The second kappa shape index (κ2) is 7.67. The van der Waals surface area contributed by atoms with Gasteiger partial charge < -0.3 is 5.32 Å². The summed E-state index contributed by atoms with van der Waals surface area (Å²) in [6, 6.07) is 13.0. The highest BCUT2D eigenvalue weighted by Gasteiger charge is 2.14. The predicted molar refractivity (Wildman–Crippen MR) is 99.4 cm³/mol. The SMILES string of the molecule is Cc1cccc(C)c1-n1nnnc1SCC(=O)Nc1ccc(Cl)cc1. The third-order valence-electron chi connectivity index (χ3n) is 3.55. The van der Waals surface area contributed by atoms with E-state index in [0.717, 1.165) is 16.8 Å². The summed E-state index contributed by atoms with van der Waals surface area (Å²) in [7, 11) is 0. The minimum Gasteiger partial charge on any atom is -0.325 e. The first kappa shape index (κ1) is 17.4. The van der Waals surface area contributed by atoms with Crippen molar-refractivity contribution < 1.29 is 4.79 Å². The molecule has 0 fully saturated rings. The molecule has 6 nitrogen and oxygen atoms in total. The Morgan fingerprint density at radius 3 is 2.52 bits per heavy atom. The van der Waals surface area contributed by atoms with Crippen molar-refractivity contribution >= 4 is 35.0 Å². The molecule has 2 aromatic carbocycles. The number of thioether (sulfide) groups is 1. The fraction of sp³-hybridized carbons (Fsp3) is 0.176. The van der Waals surface area contributed by atoms with Gasteiger partial charge in [-0.15, -0.1) is 5.10 Å². The third-order valence-corrected chi connectivity index (χ3v) is 4.72. The van der Waals surface area contributed by atoms with Gasteiger partial charge in [0.1, 0.15) is 0 Å². The third kappa shape index (κ3) is 4.18. The highest BCUT2D eigenvalue weighted by atomic mass is 35.5. The number of aromatic nitrogens is 4. The van der Waals surface area contributed by atoms with Gasteiger partial charge in [-0.05, 0) is 59.7 Å². The van der Waals surface area contributed by atoms with Crippen LogP contribution in [0.15, 0.2) is 47.6 Å². The van der Waals surface area contributed by atoms with Crippen molar-refractivity contribution in [2.45, 2.75) is 19.0 Å². The summed E-state index contributed by atoms with van der Waals surface area (Å²) in [6.07, 6.45) is 0. The van der Waals surface area contributed by atoms with E-state index in [-0.39, 0.29) is 11.7 Å². The van der Waals surface area contributed by atoms with E-state index in [1.807, 2.05) is 32.0 Å². The molecule has 1 amide bonds. The van der Waals surface area contributed by atoms with Crippen LogP contribution in [0.1, 0.15) is 11.1 Å². The lowest BCUT2D eigenvalue weighted by atomic mass is 10.1. The number of carbonyl (C=O) groups excluding carboxylic acids is 1. The van der Waals surface area contributed by atoms with Crippen molar-refractivity contribution in [1.29, 1.82) is 0 Å². The van der Waals surface area contributed by atoms with Crippen LogP contribution < -0.4 is 5.32 Å². The minimum atomic E-state index is -0.136. The summed E-state index contributed by atoms with van der Waals surface area (Å²) in [5.74, 6) is 0.0665. The number of nitrogens with one attached hydrogen (secondary N) is 1. The maximum absolute atomic E-state index is 12.1. The van der Waals surface area contributed by atoms with Crippen molar-refractivity contribution in [3.8, 4) is 5.69 Å². The van der Waals surface area contributed by atoms with Gasteiger partial charge in [-0.25, -0.2) is 0 Å². The van der Waals surface area contributed by atoms with Crippen LogP contribution in [-0.2, 0) is 4.79 Å². The standard InChI is InChI=1S/C17H16ClN5OS/c1-11-4-3-5-12(2)16(11)23-17(20-21-22-23)25-10-15(24)19-14-8-6-13(18)7-9-14/h3-9H,10H2,1-2H3,(H,19,24). The summed E-state index contributed by atoms with van der Waals surface area (Å²) in [6.45, 7) is 4.01. The van der Waals surface area contributed by atoms with Gasteiger partial charge >= 0.3 is 0 Å². The maximum Gasteiger partial charge on any atom is 0.234 e. The largest absolute Gasteiger partial charge is 0.325 e. The van der Waals surface area contributed by atoms with Gasteiger partial charge in [-0.1, -0.05) is 41.6 Å². The minimum absolute atomic E-state index is 0.136. The van der Waals surface area contributed by atoms with Crippen LogP contribution in [-0.4, -0.2) is 31.9 Å². The molecule has 8 heteroatoms. The number of hydrogen-bond donors (Lipinski definition) is 1. The molecule has 3 rings (SSSR count). The molecule has 0 saturated carbocycles. The molecule has 128 valence electrons. The summed E-state index contributed by atoms with van der Waals surface area (Å²) in [5, 5.41) is 15.9. The highest BCUT2D eigenvalue weighted by molar-refractivity contribution is 7.99. The van der Waals surface area contributed by atoms with E-state index in [1.54, 1.807) is 28.9 Å². The van der Waals surface area contributed by atoms with Gasteiger partial charge in [0.2, 0.25) is 11.1 Å². The van der Waals surface area contributed by atoms with Crippen molar-refractivity contribution in [2.75, 3.05) is 11.1 Å². The Hall–Kier alpha value is -2.38. The first-order chi connectivity index (χ1) is 12.0. The number of benzene rings is 2. The van der Waals surface area contributed by atoms with Crippen molar-refractivity contribution in [3.63, 3.8) is 0 Å². The molecular weight excluding hydrogens is 358 g/mol. The van der Waals surface area contributed by atoms with E-state index < -0.39 is 0 Å². The Kier molecular flexibility index (Phi) is 5.35. The zero-order valence-corrected chi connectivity index (χ0v) is 15.3. The van der Waals surface area contributed by atoms with Crippen LogP contribution in [0, 0.1) is 13.8 Å². The summed E-state index contributed by atoms with van der Waals surface area (Å²) >= 11 is 7.12. The first-order valence-electron chi connectivity index (χ1n) is 7.58. The van der Waals surface area contributed by atoms with E-state index in [0.29, 0.717) is 15.9 Å². The van der Waals surface area contributed by atoms with E-state index in [9.17, 15) is 4.79 Å². The van der Waals surface area contributed by atoms with E-state index in [1.165, 1.54) is 11.8 Å². The number of nitrogens with zero attached hydrogens (tertiary/aromatic N) is 4. The quantitative estimate of drug-likeness (QED) is 0.691. The van der Waals surface area contributed by atoms with Gasteiger partial charge in [-0.3, -0.25) is 4.79 Å². The Labute approximate surface area is 154 Å². The van der Waals surface area contributed by atoms with Crippen LogP contribution >= 0.6 is 23.4 Å². The number of aryl methyl sites for hydroxylation is 2. The molecule has 3 aromatic rings. The van der Waals surface area contributed by atoms with Gasteiger partial charge in [0.15, 0.2) is 0 Å². The number of tetrazole rings is 1. The molecule has 0 bridgehead atoms. The van der Waals surface area contributed by atoms with Crippen LogP contribution in [0.4, 0.5) is 5.69 Å². The van der Waals surface area contributed by atoms with Crippen molar-refractivity contribution in [3.05, 3.63) is 58.6 Å². The second-order valence-corrected chi connectivity index (χ2v) is 6.84. The molecule has 0 aliphatic heterocycles. The van der Waals surface area contributed by atoms with Gasteiger partial charge in [-0.2, -0.15) is 4.68 Å². The Morgan fingerprint density at radius 2 is 1.84 bits per heavy atom. The average Bonchev–Trinajstić information content (AvgIpc) is 3.03. The van der Waals surface area contributed by atoms with Crippen LogP contribution in [0.3, 0.4) is 0 Å². The average molecular weight is 374 g/mol. The fourth-order valence-corrected chi connectivity index (χ4v) is 3.21. The molecule has 0 spiro atoms. The topological polar surface area (TPSA) is 72.7 Å². The van der Waals surface area contributed by atoms with Gasteiger partial charge in [0.25, 0.3) is 0 Å². The monoisotopic (exact) mass is 373 g/mol. The lowest BCUT2D eigenvalue weighted by Gasteiger charge is -2.10. The molecular formula is C17H16ClN5OS. The smallest absolute Gasteiger partial charge is 0.234 e. The molecule has 1 heterocycles. The number of rotatable bonds is 5. The molecule has 0 aliphatic carbocycles. The van der Waals surface area contributed by atoms with E-state index in [2.05, 4.69) is 20.8 Å². The molecule has 1 aromatic heterocycles. The number of halogens is 1. The van der Waals surface area contributed by atoms with Crippen LogP contribution in [0.25, 0.3) is 5.69 Å². The summed E-state index contributed by atoms with van der Waals surface area (Å²) in [4.78, 5) is 12.1. The van der Waals surface area contributed by atoms with Gasteiger partial charge in [0.05, 0.1) is 11.4 Å². The maximum atomic E-state index is 12.1. The van der Waals surface area contributed by atoms with Crippen molar-refractivity contribution in [1.82, 2.24) is 20.2 Å². The van der Waals surface area contributed by atoms with Crippen LogP contribution in [0.5, 0.6) is 0 Å². The Bertz CT molecular complexity index is 874. The van der Waals surface area contributed by atoms with E-state index >= 15 is 0 Å². The molecule has 0 atom stereocenters. The Balaban J connectivity index is 1.69. The summed E-state index contributed by atoms with van der Waals surface area (Å²) in [5.41, 5.74) is 3.77. The lowest BCUT2D eigenvalue weighted by Crippen LogP contribution is -2.14. The number of hydrogen-bond acceptors (Lipinski definition) is 5.